The van der Waals surface area contributed by atoms with Crippen molar-refractivity contribution in [3.8, 4) is 0 Å². The van der Waals surface area contributed by atoms with E-state index in [9.17, 15) is 35.2 Å². The Hall–Kier alpha value is -2.69. The Kier molecular flexibility index (Phi) is 5.21. The number of benzene rings is 2. The average Bonchev–Trinajstić information content (AvgIpc) is 2.55. The molecule has 0 aromatic heterocycles. The van der Waals surface area contributed by atoms with E-state index in [4.69, 9.17) is 0 Å². The number of ether oxygens (including phenoxy) is 1. The van der Waals surface area contributed by atoms with Crippen LogP contribution in [0, 0.1) is 11.6 Å². The van der Waals surface area contributed by atoms with Gasteiger partial charge in [-0.05, 0) is 18.2 Å². The molecule has 0 fully saturated rings. The highest BCUT2D eigenvalue weighted by Crippen LogP contribution is 2.35. The zero-order chi connectivity index (χ0) is 19.7. The molecule has 0 aliphatic rings. The fourth-order valence-electron chi connectivity index (χ4n) is 2.03. The van der Waals surface area contributed by atoms with Crippen molar-refractivity contribution in [2.75, 3.05) is 11.8 Å². The quantitative estimate of drug-likeness (QED) is 0.635. The number of esters is 1. The Balaban J connectivity index is 2.54. The number of nitrogens with one attached hydrogen (secondary N) is 1. The normalized spacial score (nSPS) is 11.9. The molecule has 0 radical (unpaired) electrons. The molecule has 0 spiro atoms. The number of halogens is 5. The number of alkyl halides is 3. The van der Waals surface area contributed by atoms with Gasteiger partial charge >= 0.3 is 12.1 Å². The molecule has 2 aromatic rings. The van der Waals surface area contributed by atoms with Crippen LogP contribution in [-0.2, 0) is 20.9 Å². The molecule has 0 heterocycles. The van der Waals surface area contributed by atoms with E-state index < -0.39 is 55.5 Å². The third kappa shape index (κ3) is 3.93. The van der Waals surface area contributed by atoms with E-state index in [0.29, 0.717) is 18.2 Å². The van der Waals surface area contributed by atoms with Gasteiger partial charge in [0.05, 0.1) is 28.8 Å². The molecule has 0 atom stereocenters. The lowest BCUT2D eigenvalue weighted by Crippen LogP contribution is -2.20. The van der Waals surface area contributed by atoms with Crippen molar-refractivity contribution < 1.29 is 39.9 Å². The molecule has 0 amide bonds. The van der Waals surface area contributed by atoms with Crippen LogP contribution in [0.4, 0.5) is 27.6 Å². The van der Waals surface area contributed by atoms with Crippen molar-refractivity contribution >= 4 is 21.7 Å². The maximum atomic E-state index is 13.8. The van der Waals surface area contributed by atoms with E-state index in [1.807, 2.05) is 0 Å². The number of carbonyl (C=O) groups is 1. The number of methoxy groups -OCH3 is 1. The van der Waals surface area contributed by atoms with Crippen LogP contribution in [0.5, 0.6) is 0 Å². The highest BCUT2D eigenvalue weighted by atomic mass is 32.2. The summed E-state index contributed by atoms with van der Waals surface area (Å²) in [6.45, 7) is 0. The zero-order valence-corrected chi connectivity index (χ0v) is 13.7. The molecule has 140 valence electrons. The summed E-state index contributed by atoms with van der Waals surface area (Å²) in [7, 11) is -3.98. The van der Waals surface area contributed by atoms with Gasteiger partial charge < -0.3 is 4.74 Å². The summed E-state index contributed by atoms with van der Waals surface area (Å²) in [4.78, 5) is 10.3. The van der Waals surface area contributed by atoms with Crippen molar-refractivity contribution in [1.29, 1.82) is 0 Å². The molecule has 26 heavy (non-hydrogen) atoms. The Labute approximate surface area is 144 Å². The predicted molar refractivity (Wildman–Crippen MR) is 80.0 cm³/mol. The Bertz CT molecular complexity index is 957. The van der Waals surface area contributed by atoms with Crippen molar-refractivity contribution in [3.63, 3.8) is 0 Å². The van der Waals surface area contributed by atoms with Gasteiger partial charge in [0.25, 0.3) is 10.0 Å². The minimum atomic E-state index is -4.98. The highest BCUT2D eigenvalue weighted by molar-refractivity contribution is 7.92. The van der Waals surface area contributed by atoms with Crippen molar-refractivity contribution in [2.24, 2.45) is 0 Å². The Morgan fingerprint density at radius 2 is 1.69 bits per heavy atom. The number of anilines is 1. The van der Waals surface area contributed by atoms with Gasteiger partial charge in [-0.3, -0.25) is 4.72 Å². The zero-order valence-electron chi connectivity index (χ0n) is 12.9. The Morgan fingerprint density at radius 1 is 1.08 bits per heavy atom. The van der Waals surface area contributed by atoms with Crippen LogP contribution in [0.15, 0.2) is 41.3 Å². The first-order valence-corrected chi connectivity index (χ1v) is 8.22. The first-order chi connectivity index (χ1) is 12.0. The lowest BCUT2D eigenvalue weighted by Gasteiger charge is -2.15. The number of hydrogen-bond acceptors (Lipinski definition) is 4. The van der Waals surface area contributed by atoms with Gasteiger partial charge in [0.1, 0.15) is 11.6 Å². The van der Waals surface area contributed by atoms with Crippen molar-refractivity contribution in [2.45, 2.75) is 11.1 Å². The van der Waals surface area contributed by atoms with E-state index in [0.717, 1.165) is 19.2 Å². The number of hydrogen-bond donors (Lipinski definition) is 1. The lowest BCUT2D eigenvalue weighted by atomic mass is 10.2. The van der Waals surface area contributed by atoms with Gasteiger partial charge in [0.2, 0.25) is 0 Å². The third-order valence-electron chi connectivity index (χ3n) is 3.19. The number of sulfonamides is 1. The topological polar surface area (TPSA) is 72.5 Å². The molecule has 1 N–H and O–H groups in total. The summed E-state index contributed by atoms with van der Waals surface area (Å²) in [5.74, 6) is -3.98. The van der Waals surface area contributed by atoms with E-state index >= 15 is 0 Å². The van der Waals surface area contributed by atoms with Gasteiger partial charge in [0.15, 0.2) is 0 Å². The SMILES string of the molecule is COC(=O)c1cc(NS(=O)(=O)c2ccccc2C(F)(F)F)c(F)cc1F. The molecular weight excluding hydrogens is 385 g/mol. The molecule has 2 aromatic carbocycles. The van der Waals surface area contributed by atoms with Gasteiger partial charge in [-0.25, -0.2) is 22.0 Å². The van der Waals surface area contributed by atoms with Gasteiger partial charge in [-0.1, -0.05) is 12.1 Å². The summed E-state index contributed by atoms with van der Waals surface area (Å²) in [6, 6.07) is 3.94. The third-order valence-corrected chi connectivity index (χ3v) is 4.61. The molecule has 0 aliphatic carbocycles. The minimum Gasteiger partial charge on any atom is -0.465 e. The molecule has 11 heteroatoms. The standard InChI is InChI=1S/C15H10F5NO4S/c1-25-14(22)8-6-12(11(17)7-10(8)16)21-26(23,24)13-5-3-2-4-9(13)15(18,19)20/h2-7,21H,1H3. The molecule has 0 aliphatic heterocycles. The van der Waals surface area contributed by atoms with E-state index in [1.54, 1.807) is 4.72 Å². The second-order valence-corrected chi connectivity index (χ2v) is 6.55. The largest absolute Gasteiger partial charge is 0.465 e. The monoisotopic (exact) mass is 395 g/mol. The predicted octanol–water partition coefficient (Wildman–Crippen LogP) is 3.57. The second-order valence-electron chi connectivity index (χ2n) is 4.90. The first-order valence-electron chi connectivity index (χ1n) is 6.74. The highest BCUT2D eigenvalue weighted by Gasteiger charge is 2.37. The van der Waals surface area contributed by atoms with E-state index in [2.05, 4.69) is 4.74 Å². The van der Waals surface area contributed by atoms with Crippen LogP contribution in [0.1, 0.15) is 15.9 Å². The summed E-state index contributed by atoms with van der Waals surface area (Å²) in [5.41, 5.74) is -3.18. The fraction of sp³-hybridized carbons (Fsp3) is 0.133. The molecule has 0 bridgehead atoms. The Morgan fingerprint density at radius 3 is 2.27 bits per heavy atom. The molecule has 5 nitrogen and oxygen atoms in total. The molecule has 0 saturated heterocycles. The molecular formula is C15H10F5NO4S. The maximum absolute atomic E-state index is 13.8. The van der Waals surface area contributed by atoms with E-state index in [-0.39, 0.29) is 6.07 Å². The second kappa shape index (κ2) is 6.90. The van der Waals surface area contributed by atoms with Crippen LogP contribution >= 0.6 is 0 Å². The van der Waals surface area contributed by atoms with Crippen LogP contribution in [-0.4, -0.2) is 21.5 Å². The van der Waals surface area contributed by atoms with Crippen molar-refractivity contribution in [3.05, 3.63) is 59.2 Å². The number of carbonyl (C=O) groups excluding carboxylic acids is 1. The summed E-state index contributed by atoms with van der Waals surface area (Å²) in [5, 5.41) is 0. The molecule has 0 unspecified atom stereocenters. The van der Waals surface area contributed by atoms with Crippen molar-refractivity contribution in [1.82, 2.24) is 0 Å². The minimum absolute atomic E-state index is 0.208. The van der Waals surface area contributed by atoms with Crippen LogP contribution in [0.3, 0.4) is 0 Å². The van der Waals surface area contributed by atoms with Crippen LogP contribution in [0.25, 0.3) is 0 Å². The lowest BCUT2D eigenvalue weighted by molar-refractivity contribution is -0.139. The number of rotatable bonds is 4. The fourth-order valence-corrected chi connectivity index (χ4v) is 3.32. The van der Waals surface area contributed by atoms with Gasteiger partial charge in [-0.15, -0.1) is 0 Å². The van der Waals surface area contributed by atoms with Crippen LogP contribution in [0.2, 0.25) is 0 Å². The first kappa shape index (κ1) is 19.6. The summed E-state index contributed by atoms with van der Waals surface area (Å²) >= 11 is 0. The van der Waals surface area contributed by atoms with Crippen LogP contribution < -0.4 is 4.72 Å². The average molecular weight is 395 g/mol. The summed E-state index contributed by atoms with van der Waals surface area (Å²) in [6.07, 6.45) is -4.98. The van der Waals surface area contributed by atoms with Gasteiger partial charge in [-0.2, -0.15) is 13.2 Å². The molecule has 0 saturated carbocycles. The maximum Gasteiger partial charge on any atom is 0.417 e. The molecule has 2 rings (SSSR count). The summed E-state index contributed by atoms with van der Waals surface area (Å²) < 4.78 is 96.8. The van der Waals surface area contributed by atoms with E-state index in [1.165, 1.54) is 0 Å². The smallest absolute Gasteiger partial charge is 0.417 e. The van der Waals surface area contributed by atoms with Gasteiger partial charge in [0, 0.05) is 6.07 Å².